The summed E-state index contributed by atoms with van der Waals surface area (Å²) < 4.78 is 75.2. The van der Waals surface area contributed by atoms with E-state index in [0.29, 0.717) is 32.4 Å². The van der Waals surface area contributed by atoms with Gasteiger partial charge in [0.2, 0.25) is 19.7 Å². The second-order valence-electron chi connectivity index (χ2n) is 32.7. The highest BCUT2D eigenvalue weighted by molar-refractivity contribution is 7.91. The van der Waals surface area contributed by atoms with Crippen LogP contribution in [-0.2, 0) is 81.9 Å². The van der Waals surface area contributed by atoms with Crippen LogP contribution in [-0.4, -0.2) is 57.2 Å². The third kappa shape index (κ3) is 26.6. The largest absolute Gasteiger partial charge is 0.457 e. The van der Waals surface area contributed by atoms with Crippen LogP contribution in [0.15, 0.2) is 360 Å². The number of rotatable bonds is 28. The first kappa shape index (κ1) is 96.7. The summed E-state index contributed by atoms with van der Waals surface area (Å²) in [7, 11) is -6.97. The lowest BCUT2D eigenvalue weighted by molar-refractivity contribution is 0.480. The van der Waals surface area contributed by atoms with Gasteiger partial charge in [-0.2, -0.15) is 20.4 Å². The molecule has 18 heteroatoms. The van der Waals surface area contributed by atoms with E-state index < -0.39 is 19.7 Å². The van der Waals surface area contributed by atoms with Crippen molar-refractivity contribution in [1.29, 1.82) is 0 Å². The van der Waals surface area contributed by atoms with Gasteiger partial charge in [0.15, 0.2) is 0 Å². The summed E-state index contributed by atoms with van der Waals surface area (Å²) in [6.45, 7) is 25.1. The Balaban J connectivity index is 0.000000170. The molecule has 0 spiro atoms. The van der Waals surface area contributed by atoms with E-state index >= 15 is 0 Å². The molecule has 0 fully saturated rings. The maximum absolute atomic E-state index is 12.7. The molecule has 16 rings (SSSR count). The molecule has 0 amide bonds. The molecule has 0 N–H and O–H groups in total. The van der Waals surface area contributed by atoms with E-state index in [1.807, 2.05) is 224 Å². The van der Waals surface area contributed by atoms with Crippen molar-refractivity contribution < 1.29 is 35.8 Å². The first-order valence-electron chi connectivity index (χ1n) is 43.2. The quantitative estimate of drug-likeness (QED) is 0.0446. The SMILES string of the molecule is C.C.CCc1ccc(Oc2ccc(C(C)(C)c3ccc(Oc4ccc(Cc5cc(C)ncn5)cc4)cc3)cc2)cc1.CCc1ccc(Oc2ccc(C(C)(C)c3ccc(Oc4ccc(Cc5ccc(C)nn5)cc4)cc3)cc2)cc1.CCc1ccc(S(=O)(=O)c2ccc(Cc3cc(C)ncn3)cc2)cc1.CCc1ccc(S(=O)(=O)c2ccc(Cc3ccc(C)nn3)cc2)cc1. The Labute approximate surface area is 768 Å². The number of aromatic nitrogens is 8. The molecule has 16 aromatic rings. The van der Waals surface area contributed by atoms with E-state index in [0.717, 1.165) is 152 Å². The summed E-state index contributed by atoms with van der Waals surface area (Å²) in [6.07, 6.45) is 9.77. The number of hydrogen-bond donors (Lipinski definition) is 0. The molecule has 0 bridgehead atoms. The summed E-state index contributed by atoms with van der Waals surface area (Å²) in [4.78, 5) is 18.1. The van der Waals surface area contributed by atoms with Crippen molar-refractivity contribution >= 4 is 19.7 Å². The van der Waals surface area contributed by atoms with Gasteiger partial charge in [0, 0.05) is 59.3 Å². The third-order valence-electron chi connectivity index (χ3n) is 22.5. The minimum atomic E-state index is -3.49. The highest BCUT2D eigenvalue weighted by atomic mass is 32.2. The lowest BCUT2D eigenvalue weighted by Crippen LogP contribution is -2.18. The van der Waals surface area contributed by atoms with Gasteiger partial charge in [-0.1, -0.05) is 216 Å². The van der Waals surface area contributed by atoms with Gasteiger partial charge in [-0.25, -0.2) is 36.8 Å². The zero-order valence-electron chi connectivity index (χ0n) is 74.6. The highest BCUT2D eigenvalue weighted by Crippen LogP contribution is 2.38. The number of nitrogens with zero attached hydrogens (tertiary/aromatic N) is 8. The standard InChI is InChI=1S/2C35H34N2O2.2C20H20N2O2S.2CH4/c1-5-26-7-16-31(17-8-26)38-33-20-11-28(12-21-33)35(3,4)29-13-22-34(23-14-29)39-32-18-9-27(10-19-32)24-30-15-6-25(2)36-37-30;1-5-26-6-14-31(15-7-26)38-33-18-10-28(11-19-33)35(3,4)29-12-20-34(21-13-29)39-32-16-8-27(9-17-32)23-30-22-25(2)36-24-37-30;1-3-16-5-10-19(11-6-16)25(23,24)20-12-7-17(8-13-20)14-18-9-4-15(2)21-22-18;1-3-16-4-8-19(9-5-16)25(23,24)20-10-6-17(7-11-20)13-18-12-15(2)21-14-22-18;;/h6-23H,5,24H2,1-4H3;6-22,24H,5,23H2,1-4H3;4-13H,3,14H2,1-2H3;4-12,14H,3,13H2,1-2H3;2*1H4. The van der Waals surface area contributed by atoms with Crippen LogP contribution in [0.4, 0.5) is 0 Å². The van der Waals surface area contributed by atoms with Gasteiger partial charge in [-0.3, -0.25) is 0 Å². The lowest BCUT2D eigenvalue weighted by Gasteiger charge is -2.26. The van der Waals surface area contributed by atoms with Crippen LogP contribution in [0.1, 0.15) is 183 Å². The van der Waals surface area contributed by atoms with E-state index in [1.165, 1.54) is 44.5 Å². The molecule has 664 valence electrons. The molecule has 12 aromatic carbocycles. The van der Waals surface area contributed by atoms with Gasteiger partial charge in [0.05, 0.1) is 42.4 Å². The molecule has 130 heavy (non-hydrogen) atoms. The van der Waals surface area contributed by atoms with Crippen LogP contribution in [0.3, 0.4) is 0 Å². The molecular weight excluding hydrogens is 1650 g/mol. The van der Waals surface area contributed by atoms with Crippen molar-refractivity contribution in [2.75, 3.05) is 0 Å². The normalized spacial score (nSPS) is 11.2. The number of sulfone groups is 2. The van der Waals surface area contributed by atoms with E-state index in [9.17, 15) is 16.8 Å². The Morgan fingerprint density at radius 2 is 0.431 bits per heavy atom. The molecular formula is C112H116N8O8S2. The van der Waals surface area contributed by atoms with E-state index in [2.05, 4.69) is 179 Å². The fourth-order valence-electron chi connectivity index (χ4n) is 14.3. The van der Waals surface area contributed by atoms with Crippen LogP contribution >= 0.6 is 0 Å². The monoisotopic (exact) mass is 1760 g/mol. The van der Waals surface area contributed by atoms with Crippen LogP contribution < -0.4 is 18.9 Å². The smallest absolute Gasteiger partial charge is 0.206 e. The maximum Gasteiger partial charge on any atom is 0.206 e. The predicted octanol–water partition coefficient (Wildman–Crippen LogP) is 26.5. The summed E-state index contributed by atoms with van der Waals surface area (Å²) in [5.41, 5.74) is 21.2. The van der Waals surface area contributed by atoms with Crippen LogP contribution in [0.25, 0.3) is 0 Å². The highest BCUT2D eigenvalue weighted by Gasteiger charge is 2.26. The topological polar surface area (TPSA) is 208 Å². The van der Waals surface area contributed by atoms with Crippen molar-refractivity contribution in [2.45, 2.75) is 180 Å². The summed E-state index contributed by atoms with van der Waals surface area (Å²) in [5.74, 6) is 6.61. The Morgan fingerprint density at radius 1 is 0.231 bits per heavy atom. The fourth-order valence-corrected chi connectivity index (χ4v) is 16.8. The minimum Gasteiger partial charge on any atom is -0.457 e. The Bertz CT molecular complexity index is 6500. The van der Waals surface area contributed by atoms with E-state index in [4.69, 9.17) is 18.9 Å². The summed E-state index contributed by atoms with van der Waals surface area (Å²) in [6, 6.07) is 106. The maximum atomic E-state index is 12.7. The molecule has 4 aromatic heterocycles. The molecule has 0 aliphatic rings. The molecule has 0 atom stereocenters. The van der Waals surface area contributed by atoms with Crippen molar-refractivity contribution in [3.63, 3.8) is 0 Å². The third-order valence-corrected chi connectivity index (χ3v) is 26.0. The number of aryl methyl sites for hydroxylation is 8. The van der Waals surface area contributed by atoms with Gasteiger partial charge in [0.1, 0.15) is 58.7 Å². The first-order chi connectivity index (χ1) is 61.7. The van der Waals surface area contributed by atoms with E-state index in [-0.39, 0.29) is 25.7 Å². The molecule has 0 aliphatic heterocycles. The molecule has 16 nitrogen and oxygen atoms in total. The average molecular weight is 1770 g/mol. The lowest BCUT2D eigenvalue weighted by atomic mass is 9.78. The van der Waals surface area contributed by atoms with Gasteiger partial charge in [-0.15, -0.1) is 0 Å². The van der Waals surface area contributed by atoms with Gasteiger partial charge >= 0.3 is 0 Å². The predicted molar refractivity (Wildman–Crippen MR) is 522 cm³/mol. The van der Waals surface area contributed by atoms with Gasteiger partial charge in [0.25, 0.3) is 0 Å². The molecule has 0 aliphatic carbocycles. The minimum absolute atomic E-state index is 0. The van der Waals surface area contributed by atoms with Crippen LogP contribution in [0.5, 0.6) is 46.0 Å². The second-order valence-corrected chi connectivity index (χ2v) is 36.6. The summed E-state index contributed by atoms with van der Waals surface area (Å²) in [5, 5.41) is 16.6. The first-order valence-corrected chi connectivity index (χ1v) is 46.2. The summed E-state index contributed by atoms with van der Waals surface area (Å²) >= 11 is 0. The molecule has 0 unspecified atom stereocenters. The fraction of sp³-hybridized carbons (Fsp3) is 0.214. The van der Waals surface area contributed by atoms with Crippen LogP contribution in [0.2, 0.25) is 0 Å². The van der Waals surface area contributed by atoms with Crippen LogP contribution in [0, 0.1) is 27.7 Å². The van der Waals surface area contributed by atoms with Crippen molar-refractivity contribution in [3.8, 4) is 46.0 Å². The van der Waals surface area contributed by atoms with E-state index in [1.54, 1.807) is 61.2 Å². The number of benzene rings is 12. The Kier molecular flexibility index (Phi) is 33.6. The molecule has 0 radical (unpaired) electrons. The second kappa shape index (κ2) is 45.2. The van der Waals surface area contributed by atoms with Crippen molar-refractivity contribution in [2.24, 2.45) is 0 Å². The zero-order valence-corrected chi connectivity index (χ0v) is 76.3. The van der Waals surface area contributed by atoms with Crippen molar-refractivity contribution in [3.05, 3.63) is 453 Å². The van der Waals surface area contributed by atoms with Gasteiger partial charge < -0.3 is 18.9 Å². The van der Waals surface area contributed by atoms with Gasteiger partial charge in [-0.05, 0) is 302 Å². The molecule has 0 saturated heterocycles. The molecule has 0 saturated carbocycles. The number of hydrogen-bond acceptors (Lipinski definition) is 16. The zero-order chi connectivity index (χ0) is 90.2. The number of ether oxygens (including phenoxy) is 4. The van der Waals surface area contributed by atoms with Crippen molar-refractivity contribution in [1.82, 2.24) is 40.3 Å². The molecule has 4 heterocycles. The average Bonchev–Trinajstić information content (AvgIpc) is 0.807. The Morgan fingerprint density at radius 3 is 0.638 bits per heavy atom. The Hall–Kier alpha value is -13.9.